The average Bonchev–Trinajstić information content (AvgIpc) is 2.75. The first-order chi connectivity index (χ1) is 9.66. The summed E-state index contributed by atoms with van der Waals surface area (Å²) >= 11 is 0.919. The molecular formula is C12H18N4O4S. The van der Waals surface area contributed by atoms with Gasteiger partial charge < -0.3 is 21.1 Å². The summed E-state index contributed by atoms with van der Waals surface area (Å²) in [5, 5.41) is 11.8. The number of carboxylic acid groups (broad SMARTS) is 1. The van der Waals surface area contributed by atoms with Crippen molar-refractivity contribution in [3.05, 3.63) is 11.3 Å². The highest BCUT2D eigenvalue weighted by Gasteiger charge is 2.30. The number of hydrogen-bond acceptors (Lipinski definition) is 5. The van der Waals surface area contributed by atoms with E-state index >= 15 is 0 Å². The Morgan fingerprint density at radius 2 is 1.95 bits per heavy atom. The SMILES string of the molecule is Cc1nsc(N(C)C(=O)C(NC(N)=O)C(C)C)c1C(=O)O. The van der Waals surface area contributed by atoms with Crippen molar-refractivity contribution in [2.24, 2.45) is 11.7 Å². The maximum Gasteiger partial charge on any atom is 0.340 e. The van der Waals surface area contributed by atoms with Crippen molar-refractivity contribution in [2.75, 3.05) is 11.9 Å². The fourth-order valence-electron chi connectivity index (χ4n) is 1.81. The van der Waals surface area contributed by atoms with Gasteiger partial charge in [-0.3, -0.25) is 4.79 Å². The topological polar surface area (TPSA) is 126 Å². The van der Waals surface area contributed by atoms with Crippen LogP contribution < -0.4 is 16.0 Å². The normalized spacial score (nSPS) is 12.0. The molecule has 0 aliphatic carbocycles. The van der Waals surface area contributed by atoms with Gasteiger partial charge in [-0.1, -0.05) is 13.8 Å². The number of carbonyl (C=O) groups is 3. The van der Waals surface area contributed by atoms with Gasteiger partial charge in [0.05, 0.1) is 5.69 Å². The summed E-state index contributed by atoms with van der Waals surface area (Å²) in [6.07, 6.45) is 0. The van der Waals surface area contributed by atoms with Crippen LogP contribution in [0.15, 0.2) is 0 Å². The second-order valence-corrected chi connectivity index (χ2v) is 5.63. The molecule has 21 heavy (non-hydrogen) atoms. The molecular weight excluding hydrogens is 296 g/mol. The number of aryl methyl sites for hydroxylation is 1. The van der Waals surface area contributed by atoms with E-state index < -0.39 is 23.9 Å². The largest absolute Gasteiger partial charge is 0.478 e. The molecule has 8 nitrogen and oxygen atoms in total. The number of rotatable bonds is 5. The Morgan fingerprint density at radius 3 is 2.38 bits per heavy atom. The highest BCUT2D eigenvalue weighted by atomic mass is 32.1. The maximum atomic E-state index is 12.4. The van der Waals surface area contributed by atoms with E-state index in [9.17, 15) is 19.5 Å². The number of aromatic nitrogens is 1. The van der Waals surface area contributed by atoms with Crippen molar-refractivity contribution in [1.29, 1.82) is 0 Å². The molecule has 9 heteroatoms. The first kappa shape index (κ1) is 16.9. The molecule has 0 aromatic carbocycles. The molecule has 0 fully saturated rings. The van der Waals surface area contributed by atoms with Gasteiger partial charge in [-0.15, -0.1) is 0 Å². The monoisotopic (exact) mass is 314 g/mol. The Bertz CT molecular complexity index is 570. The Hall–Kier alpha value is -2.16. The van der Waals surface area contributed by atoms with Crippen LogP contribution in [-0.4, -0.2) is 40.5 Å². The summed E-state index contributed by atoms with van der Waals surface area (Å²) in [5.41, 5.74) is 5.39. The minimum atomic E-state index is -1.15. The van der Waals surface area contributed by atoms with Crippen molar-refractivity contribution in [3.63, 3.8) is 0 Å². The molecule has 1 unspecified atom stereocenters. The van der Waals surface area contributed by atoms with Crippen molar-refractivity contribution in [2.45, 2.75) is 26.8 Å². The van der Waals surface area contributed by atoms with E-state index in [1.807, 2.05) is 0 Å². The van der Waals surface area contributed by atoms with Crippen LogP contribution in [0.3, 0.4) is 0 Å². The molecule has 1 rings (SSSR count). The summed E-state index contributed by atoms with van der Waals surface area (Å²) in [4.78, 5) is 35.9. The summed E-state index contributed by atoms with van der Waals surface area (Å²) in [5.74, 6) is -1.80. The quantitative estimate of drug-likeness (QED) is 0.741. The smallest absolute Gasteiger partial charge is 0.340 e. The predicted molar refractivity (Wildman–Crippen MR) is 78.6 cm³/mol. The number of urea groups is 1. The third-order valence-electron chi connectivity index (χ3n) is 2.92. The van der Waals surface area contributed by atoms with Gasteiger partial charge in [0.2, 0.25) is 5.91 Å². The number of aromatic carboxylic acids is 1. The van der Waals surface area contributed by atoms with Gasteiger partial charge in [0.1, 0.15) is 16.6 Å². The van der Waals surface area contributed by atoms with Crippen LogP contribution in [0, 0.1) is 12.8 Å². The van der Waals surface area contributed by atoms with Crippen LogP contribution in [0.1, 0.15) is 29.9 Å². The zero-order valence-corrected chi connectivity index (χ0v) is 13.0. The van der Waals surface area contributed by atoms with E-state index in [1.165, 1.54) is 11.9 Å². The Morgan fingerprint density at radius 1 is 1.38 bits per heavy atom. The van der Waals surface area contributed by atoms with E-state index in [2.05, 4.69) is 9.69 Å². The average molecular weight is 314 g/mol. The predicted octanol–water partition coefficient (Wildman–Crippen LogP) is 0.805. The molecule has 0 saturated heterocycles. The van der Waals surface area contributed by atoms with E-state index in [-0.39, 0.29) is 16.5 Å². The van der Waals surface area contributed by atoms with Gasteiger partial charge >= 0.3 is 12.0 Å². The highest BCUT2D eigenvalue weighted by Crippen LogP contribution is 2.28. The number of primary amides is 1. The third-order valence-corrected chi connectivity index (χ3v) is 3.94. The van der Waals surface area contributed by atoms with Crippen LogP contribution in [0.4, 0.5) is 9.80 Å². The number of nitrogens with zero attached hydrogens (tertiary/aromatic N) is 2. The van der Waals surface area contributed by atoms with E-state index in [0.717, 1.165) is 11.5 Å². The fraction of sp³-hybridized carbons (Fsp3) is 0.500. The van der Waals surface area contributed by atoms with Crippen LogP contribution in [0.25, 0.3) is 0 Å². The van der Waals surface area contributed by atoms with Crippen LogP contribution in [-0.2, 0) is 4.79 Å². The first-order valence-electron chi connectivity index (χ1n) is 6.19. The number of hydrogen-bond donors (Lipinski definition) is 3. The lowest BCUT2D eigenvalue weighted by molar-refractivity contribution is -0.121. The highest BCUT2D eigenvalue weighted by molar-refractivity contribution is 7.11. The van der Waals surface area contributed by atoms with Crippen LogP contribution >= 0.6 is 11.5 Å². The van der Waals surface area contributed by atoms with Crippen LogP contribution in [0.2, 0.25) is 0 Å². The number of carboxylic acids is 1. The lowest BCUT2D eigenvalue weighted by Crippen LogP contribution is -2.51. The maximum absolute atomic E-state index is 12.4. The molecule has 0 saturated carbocycles. The minimum Gasteiger partial charge on any atom is -0.478 e. The molecule has 1 aromatic rings. The molecule has 1 aromatic heterocycles. The molecule has 0 radical (unpaired) electrons. The Labute approximate surface area is 126 Å². The number of carbonyl (C=O) groups excluding carboxylic acids is 2. The summed E-state index contributed by atoms with van der Waals surface area (Å²) in [6.45, 7) is 5.06. The van der Waals surface area contributed by atoms with E-state index in [4.69, 9.17) is 5.73 Å². The van der Waals surface area contributed by atoms with Crippen molar-refractivity contribution in [1.82, 2.24) is 9.69 Å². The molecule has 0 aliphatic heterocycles. The molecule has 116 valence electrons. The molecule has 1 atom stereocenters. The van der Waals surface area contributed by atoms with Gasteiger partial charge in [0.15, 0.2) is 0 Å². The van der Waals surface area contributed by atoms with Gasteiger partial charge in [0.25, 0.3) is 0 Å². The lowest BCUT2D eigenvalue weighted by atomic mass is 10.0. The zero-order valence-electron chi connectivity index (χ0n) is 12.2. The minimum absolute atomic E-state index is 0.0163. The summed E-state index contributed by atoms with van der Waals surface area (Å²) in [7, 11) is 1.44. The first-order valence-corrected chi connectivity index (χ1v) is 6.97. The van der Waals surface area contributed by atoms with E-state index in [0.29, 0.717) is 5.69 Å². The van der Waals surface area contributed by atoms with Crippen molar-refractivity contribution < 1.29 is 19.5 Å². The second-order valence-electron chi connectivity index (χ2n) is 4.88. The lowest BCUT2D eigenvalue weighted by Gasteiger charge is -2.25. The molecule has 3 amide bonds. The molecule has 0 aliphatic rings. The van der Waals surface area contributed by atoms with Gasteiger partial charge in [0, 0.05) is 7.05 Å². The summed E-state index contributed by atoms with van der Waals surface area (Å²) < 4.78 is 3.96. The number of likely N-dealkylation sites (N-methyl/N-ethyl adjacent to an activating group) is 1. The van der Waals surface area contributed by atoms with Crippen LogP contribution in [0.5, 0.6) is 0 Å². The van der Waals surface area contributed by atoms with E-state index in [1.54, 1.807) is 20.8 Å². The van der Waals surface area contributed by atoms with Crippen molar-refractivity contribution >= 4 is 34.4 Å². The Balaban J connectivity index is 3.11. The second kappa shape index (κ2) is 6.53. The van der Waals surface area contributed by atoms with Gasteiger partial charge in [-0.25, -0.2) is 9.59 Å². The third kappa shape index (κ3) is 3.69. The fourth-order valence-corrected chi connectivity index (χ4v) is 2.66. The number of amides is 3. The van der Waals surface area contributed by atoms with Gasteiger partial charge in [-0.2, -0.15) is 4.37 Å². The Kier molecular flexibility index (Phi) is 5.25. The van der Waals surface area contributed by atoms with Crippen molar-refractivity contribution in [3.8, 4) is 0 Å². The number of nitrogens with one attached hydrogen (secondary N) is 1. The standard InChI is InChI=1S/C12H18N4O4S/c1-5(2)8(14-12(13)20)9(17)16(4)10-7(11(18)19)6(3)15-21-10/h5,8H,1-4H3,(H,18,19)(H3,13,14,20). The molecule has 0 bridgehead atoms. The number of nitrogens with two attached hydrogens (primary N) is 1. The molecule has 0 spiro atoms. The number of anilines is 1. The molecule has 1 heterocycles. The van der Waals surface area contributed by atoms with Gasteiger partial charge in [-0.05, 0) is 24.4 Å². The zero-order chi connectivity index (χ0) is 16.3. The summed E-state index contributed by atoms with van der Waals surface area (Å²) in [6, 6.07) is -1.65. The molecule has 4 N–H and O–H groups in total.